The van der Waals surface area contributed by atoms with Crippen LogP contribution in [0.25, 0.3) is 16.8 Å². The summed E-state index contributed by atoms with van der Waals surface area (Å²) in [6.45, 7) is 0. The Labute approximate surface area is 132 Å². The standard InChI is InChI=1S/C15H12N4O3S/c16-23(21,22)14-4-1-11(2-5-14)12-3-6-15(20)19(9-12)13-7-17-10-18-8-13/h1-10H,(H2,16,21,22). The van der Waals surface area contributed by atoms with E-state index in [4.69, 9.17) is 5.14 Å². The average Bonchev–Trinajstić information content (AvgIpc) is 2.55. The summed E-state index contributed by atoms with van der Waals surface area (Å²) in [6, 6.07) is 9.19. The SMILES string of the molecule is NS(=O)(=O)c1ccc(-c2ccc(=O)n(-c3cncnc3)c2)cc1. The minimum atomic E-state index is -3.73. The van der Waals surface area contributed by atoms with E-state index in [0.29, 0.717) is 5.69 Å². The number of sulfonamides is 1. The molecule has 0 radical (unpaired) electrons. The molecule has 0 amide bonds. The second-order valence-electron chi connectivity index (χ2n) is 4.79. The van der Waals surface area contributed by atoms with Gasteiger partial charge in [-0.1, -0.05) is 12.1 Å². The van der Waals surface area contributed by atoms with E-state index in [1.54, 1.807) is 24.4 Å². The predicted molar refractivity (Wildman–Crippen MR) is 84.4 cm³/mol. The Hall–Kier alpha value is -2.84. The Morgan fingerprint density at radius 3 is 2.13 bits per heavy atom. The van der Waals surface area contributed by atoms with E-state index < -0.39 is 10.0 Å². The molecule has 0 atom stereocenters. The lowest BCUT2D eigenvalue weighted by Gasteiger charge is -2.08. The average molecular weight is 328 g/mol. The van der Waals surface area contributed by atoms with Crippen molar-refractivity contribution in [2.45, 2.75) is 4.90 Å². The first-order valence-corrected chi connectivity index (χ1v) is 8.11. The van der Waals surface area contributed by atoms with Crippen molar-refractivity contribution in [3.8, 4) is 16.8 Å². The molecule has 7 nitrogen and oxygen atoms in total. The van der Waals surface area contributed by atoms with Gasteiger partial charge in [0.15, 0.2) is 0 Å². The molecule has 2 aromatic heterocycles. The summed E-state index contributed by atoms with van der Waals surface area (Å²) >= 11 is 0. The van der Waals surface area contributed by atoms with Crippen molar-refractivity contribution in [2.75, 3.05) is 0 Å². The predicted octanol–water partition coefficient (Wildman–Crippen LogP) is 0.942. The fourth-order valence-electron chi connectivity index (χ4n) is 2.11. The number of nitrogens with zero attached hydrogens (tertiary/aromatic N) is 3. The van der Waals surface area contributed by atoms with Gasteiger partial charge < -0.3 is 0 Å². The van der Waals surface area contributed by atoms with Gasteiger partial charge in [0.1, 0.15) is 6.33 Å². The van der Waals surface area contributed by atoms with E-state index in [9.17, 15) is 13.2 Å². The van der Waals surface area contributed by atoms with Gasteiger partial charge in [0.05, 0.1) is 23.0 Å². The van der Waals surface area contributed by atoms with Crippen LogP contribution in [-0.4, -0.2) is 23.0 Å². The smallest absolute Gasteiger partial charge is 0.255 e. The molecule has 2 heterocycles. The van der Waals surface area contributed by atoms with Gasteiger partial charge >= 0.3 is 0 Å². The van der Waals surface area contributed by atoms with Gasteiger partial charge in [0.2, 0.25) is 10.0 Å². The van der Waals surface area contributed by atoms with Crippen LogP contribution in [0.3, 0.4) is 0 Å². The Morgan fingerprint density at radius 1 is 0.913 bits per heavy atom. The van der Waals surface area contributed by atoms with Gasteiger partial charge in [-0.3, -0.25) is 9.36 Å². The molecular weight excluding hydrogens is 316 g/mol. The highest BCUT2D eigenvalue weighted by molar-refractivity contribution is 7.89. The molecule has 8 heteroatoms. The highest BCUT2D eigenvalue weighted by atomic mass is 32.2. The molecule has 2 N–H and O–H groups in total. The van der Waals surface area contributed by atoms with E-state index in [1.807, 2.05) is 0 Å². The lowest BCUT2D eigenvalue weighted by atomic mass is 10.1. The third kappa shape index (κ3) is 3.17. The normalized spacial score (nSPS) is 11.3. The van der Waals surface area contributed by atoms with Crippen molar-refractivity contribution in [1.29, 1.82) is 0 Å². The molecule has 116 valence electrons. The third-order valence-electron chi connectivity index (χ3n) is 3.25. The summed E-state index contributed by atoms with van der Waals surface area (Å²) in [5.41, 5.74) is 1.82. The molecule has 0 aliphatic carbocycles. The number of hydrogen-bond acceptors (Lipinski definition) is 5. The summed E-state index contributed by atoms with van der Waals surface area (Å²) in [5.74, 6) is 0. The molecule has 0 saturated heterocycles. The molecule has 0 aliphatic rings. The van der Waals surface area contributed by atoms with Crippen LogP contribution in [0.4, 0.5) is 0 Å². The molecular formula is C15H12N4O3S. The summed E-state index contributed by atoms with van der Waals surface area (Å²) in [7, 11) is -3.73. The van der Waals surface area contributed by atoms with Crippen molar-refractivity contribution >= 4 is 10.0 Å². The lowest BCUT2D eigenvalue weighted by molar-refractivity contribution is 0.598. The number of hydrogen-bond donors (Lipinski definition) is 1. The third-order valence-corrected chi connectivity index (χ3v) is 4.18. The van der Waals surface area contributed by atoms with Crippen LogP contribution < -0.4 is 10.7 Å². The fourth-order valence-corrected chi connectivity index (χ4v) is 2.63. The van der Waals surface area contributed by atoms with Crippen molar-refractivity contribution in [2.24, 2.45) is 5.14 Å². The van der Waals surface area contributed by atoms with E-state index in [2.05, 4.69) is 9.97 Å². The van der Waals surface area contributed by atoms with Crippen LogP contribution >= 0.6 is 0 Å². The largest absolute Gasteiger partial charge is 0.281 e. The highest BCUT2D eigenvalue weighted by Crippen LogP contribution is 2.20. The first kappa shape index (κ1) is 15.1. The molecule has 0 spiro atoms. The first-order chi connectivity index (χ1) is 10.9. The molecule has 3 aromatic rings. The van der Waals surface area contributed by atoms with E-state index >= 15 is 0 Å². The quantitative estimate of drug-likeness (QED) is 0.770. The maximum atomic E-state index is 12.0. The molecule has 0 fully saturated rings. The lowest BCUT2D eigenvalue weighted by Crippen LogP contribution is -2.16. The minimum Gasteiger partial charge on any atom is -0.281 e. The summed E-state index contributed by atoms with van der Waals surface area (Å²) in [6.07, 6.45) is 6.09. The van der Waals surface area contributed by atoms with E-state index in [1.165, 1.54) is 41.5 Å². The molecule has 1 aromatic carbocycles. The van der Waals surface area contributed by atoms with Crippen LogP contribution in [-0.2, 0) is 10.0 Å². The van der Waals surface area contributed by atoms with Gasteiger partial charge in [-0.15, -0.1) is 0 Å². The highest BCUT2D eigenvalue weighted by Gasteiger charge is 2.08. The molecule has 0 saturated carbocycles. The van der Waals surface area contributed by atoms with Crippen LogP contribution in [0, 0.1) is 0 Å². The van der Waals surface area contributed by atoms with Gasteiger partial charge in [0, 0.05) is 12.3 Å². The number of pyridine rings is 1. The Bertz CT molecular complexity index is 997. The van der Waals surface area contributed by atoms with Crippen molar-refractivity contribution in [3.63, 3.8) is 0 Å². The maximum absolute atomic E-state index is 12.0. The Morgan fingerprint density at radius 2 is 1.52 bits per heavy atom. The monoisotopic (exact) mass is 328 g/mol. The number of rotatable bonds is 3. The summed E-state index contributed by atoms with van der Waals surface area (Å²) in [5, 5.41) is 5.08. The maximum Gasteiger partial charge on any atom is 0.255 e. The minimum absolute atomic E-state index is 0.0334. The van der Waals surface area contributed by atoms with Gasteiger partial charge in [-0.25, -0.2) is 23.5 Å². The van der Waals surface area contributed by atoms with Gasteiger partial charge in [-0.05, 0) is 29.3 Å². The Kier molecular flexibility index (Phi) is 3.77. The van der Waals surface area contributed by atoms with Crippen LogP contribution in [0.15, 0.2) is 71.0 Å². The topological polar surface area (TPSA) is 108 Å². The molecule has 23 heavy (non-hydrogen) atoms. The van der Waals surface area contributed by atoms with Gasteiger partial charge in [-0.2, -0.15) is 0 Å². The second-order valence-corrected chi connectivity index (χ2v) is 6.35. The zero-order chi connectivity index (χ0) is 16.4. The molecule has 0 aliphatic heterocycles. The van der Waals surface area contributed by atoms with Crippen molar-refractivity contribution in [1.82, 2.24) is 14.5 Å². The summed E-state index contributed by atoms with van der Waals surface area (Å²) in [4.78, 5) is 19.8. The van der Waals surface area contributed by atoms with E-state index in [-0.39, 0.29) is 10.5 Å². The van der Waals surface area contributed by atoms with E-state index in [0.717, 1.165) is 11.1 Å². The van der Waals surface area contributed by atoms with Crippen molar-refractivity contribution < 1.29 is 8.42 Å². The summed E-state index contributed by atoms with van der Waals surface area (Å²) < 4.78 is 24.0. The zero-order valence-corrected chi connectivity index (χ0v) is 12.6. The van der Waals surface area contributed by atoms with Gasteiger partial charge in [0.25, 0.3) is 5.56 Å². The molecule has 0 bridgehead atoms. The fraction of sp³-hybridized carbons (Fsp3) is 0. The van der Waals surface area contributed by atoms with Crippen LogP contribution in [0.2, 0.25) is 0 Å². The number of benzene rings is 1. The van der Waals surface area contributed by atoms with Crippen LogP contribution in [0.1, 0.15) is 0 Å². The van der Waals surface area contributed by atoms with Crippen LogP contribution in [0.5, 0.6) is 0 Å². The molecule has 3 rings (SSSR count). The number of aromatic nitrogens is 3. The molecule has 0 unspecified atom stereocenters. The van der Waals surface area contributed by atoms with Crippen molar-refractivity contribution in [3.05, 3.63) is 71.7 Å². The first-order valence-electron chi connectivity index (χ1n) is 6.56. The zero-order valence-electron chi connectivity index (χ0n) is 11.8. The second kappa shape index (κ2) is 5.75. The number of primary sulfonamides is 1. The Balaban J connectivity index is 2.06. The number of nitrogens with two attached hydrogens (primary N) is 1.